The van der Waals surface area contributed by atoms with Crippen molar-refractivity contribution >= 4 is 5.52 Å². The molecular formula is C12H13F3N4O. The molecule has 0 spiro atoms. The van der Waals surface area contributed by atoms with Gasteiger partial charge in [0.25, 0.3) is 0 Å². The second-order valence-electron chi connectivity index (χ2n) is 4.69. The Bertz CT molecular complexity index is 604. The minimum atomic E-state index is -4.48. The van der Waals surface area contributed by atoms with Crippen LogP contribution < -0.4 is 10.1 Å². The maximum atomic E-state index is 12.6. The quantitative estimate of drug-likeness (QED) is 0.936. The van der Waals surface area contributed by atoms with Crippen LogP contribution in [-0.2, 0) is 6.18 Å². The van der Waals surface area contributed by atoms with Crippen molar-refractivity contribution in [3.63, 3.8) is 0 Å². The largest absolute Gasteiger partial charge is 0.474 e. The molecule has 8 heteroatoms. The number of ether oxygens (including phenoxy) is 1. The Hall–Kier alpha value is -1.83. The smallest absolute Gasteiger partial charge is 0.435 e. The van der Waals surface area contributed by atoms with Crippen LogP contribution in [0.2, 0.25) is 0 Å². The third kappa shape index (κ3) is 2.55. The van der Waals surface area contributed by atoms with Crippen molar-refractivity contribution in [1.29, 1.82) is 0 Å². The van der Waals surface area contributed by atoms with Gasteiger partial charge in [0.15, 0.2) is 5.69 Å². The fourth-order valence-electron chi connectivity index (χ4n) is 2.23. The van der Waals surface area contributed by atoms with Crippen LogP contribution in [0.3, 0.4) is 0 Å². The van der Waals surface area contributed by atoms with Crippen LogP contribution in [0.15, 0.2) is 18.5 Å². The molecule has 0 aliphatic carbocycles. The molecule has 1 unspecified atom stereocenters. The summed E-state index contributed by atoms with van der Waals surface area (Å²) in [6, 6.07) is 1.17. The van der Waals surface area contributed by atoms with Gasteiger partial charge in [0, 0.05) is 24.5 Å². The van der Waals surface area contributed by atoms with Crippen molar-refractivity contribution in [3.8, 4) is 5.88 Å². The monoisotopic (exact) mass is 286 g/mol. The Labute approximate surface area is 112 Å². The van der Waals surface area contributed by atoms with Crippen LogP contribution in [0, 0.1) is 0 Å². The zero-order valence-electron chi connectivity index (χ0n) is 10.5. The molecule has 1 atom stereocenters. The maximum Gasteiger partial charge on any atom is 0.435 e. The van der Waals surface area contributed by atoms with E-state index in [0.29, 0.717) is 6.61 Å². The highest BCUT2D eigenvalue weighted by Gasteiger charge is 2.34. The molecule has 108 valence electrons. The minimum Gasteiger partial charge on any atom is -0.474 e. The van der Waals surface area contributed by atoms with Crippen LogP contribution in [0.25, 0.3) is 5.52 Å². The average molecular weight is 286 g/mol. The third-order valence-corrected chi connectivity index (χ3v) is 3.23. The normalized spacial score (nSPS) is 19.6. The van der Waals surface area contributed by atoms with Gasteiger partial charge in [-0.25, -0.2) is 9.50 Å². The Morgan fingerprint density at radius 1 is 1.45 bits per heavy atom. The first-order chi connectivity index (χ1) is 9.54. The molecule has 1 N–H and O–H groups in total. The van der Waals surface area contributed by atoms with E-state index in [2.05, 4.69) is 15.4 Å². The Balaban J connectivity index is 1.84. The number of rotatable bonds is 3. The molecular weight excluding hydrogens is 273 g/mol. The van der Waals surface area contributed by atoms with Gasteiger partial charge in [-0.15, -0.1) is 0 Å². The molecule has 0 aromatic carbocycles. The first kappa shape index (κ1) is 13.2. The van der Waals surface area contributed by atoms with E-state index < -0.39 is 11.9 Å². The molecule has 0 saturated carbocycles. The molecule has 0 amide bonds. The molecule has 1 fully saturated rings. The summed E-state index contributed by atoms with van der Waals surface area (Å²) in [6.07, 6.45) is 0.339. The summed E-state index contributed by atoms with van der Waals surface area (Å²) in [5.74, 6) is 0.171. The van der Waals surface area contributed by atoms with E-state index in [9.17, 15) is 13.2 Å². The number of nitrogens with one attached hydrogen (secondary N) is 1. The van der Waals surface area contributed by atoms with Crippen LogP contribution in [-0.4, -0.2) is 33.8 Å². The predicted molar refractivity (Wildman–Crippen MR) is 64.5 cm³/mol. The van der Waals surface area contributed by atoms with Gasteiger partial charge in [-0.3, -0.25) is 0 Å². The summed E-state index contributed by atoms with van der Waals surface area (Å²) < 4.78 is 44.6. The number of alkyl halides is 3. The first-order valence-electron chi connectivity index (χ1n) is 6.32. The van der Waals surface area contributed by atoms with Crippen LogP contribution in [0.5, 0.6) is 5.88 Å². The lowest BCUT2D eigenvalue weighted by Gasteiger charge is -2.11. The van der Waals surface area contributed by atoms with Crippen molar-refractivity contribution < 1.29 is 17.9 Å². The average Bonchev–Trinajstić information content (AvgIpc) is 3.04. The Morgan fingerprint density at radius 3 is 3.00 bits per heavy atom. The topological polar surface area (TPSA) is 51.5 Å². The van der Waals surface area contributed by atoms with E-state index in [1.807, 2.05) is 0 Å². The highest BCUT2D eigenvalue weighted by Crippen LogP contribution is 2.30. The molecule has 1 aliphatic rings. The number of halogens is 3. The predicted octanol–water partition coefficient (Wildman–Crippen LogP) is 1.88. The first-order valence-corrected chi connectivity index (χ1v) is 6.32. The van der Waals surface area contributed by atoms with Crippen molar-refractivity contribution in [2.75, 3.05) is 13.2 Å². The van der Waals surface area contributed by atoms with Gasteiger partial charge in [0.1, 0.15) is 12.1 Å². The summed E-state index contributed by atoms with van der Waals surface area (Å²) >= 11 is 0. The number of hydrogen-bond donors (Lipinski definition) is 1. The molecule has 5 nitrogen and oxygen atoms in total. The number of aromatic nitrogens is 3. The summed E-state index contributed by atoms with van der Waals surface area (Å²) in [5.41, 5.74) is -0.729. The van der Waals surface area contributed by atoms with Gasteiger partial charge < -0.3 is 10.1 Å². The second kappa shape index (κ2) is 4.93. The minimum absolute atomic E-state index is 0.171. The van der Waals surface area contributed by atoms with Gasteiger partial charge in [-0.2, -0.15) is 18.3 Å². The van der Waals surface area contributed by atoms with Crippen LogP contribution in [0.1, 0.15) is 18.5 Å². The SMILES string of the molecule is FC(F)(F)c1cc2c(OCC3CCCN3)nccn2n1. The summed E-state index contributed by atoms with van der Waals surface area (Å²) in [6.45, 7) is 1.33. The lowest BCUT2D eigenvalue weighted by molar-refractivity contribution is -0.141. The fraction of sp³-hybridized carbons (Fsp3) is 0.500. The third-order valence-electron chi connectivity index (χ3n) is 3.23. The lowest BCUT2D eigenvalue weighted by Crippen LogP contribution is -2.28. The fourth-order valence-corrected chi connectivity index (χ4v) is 2.23. The van der Waals surface area contributed by atoms with E-state index in [0.717, 1.165) is 30.0 Å². The van der Waals surface area contributed by atoms with E-state index >= 15 is 0 Å². The Kier molecular flexibility index (Phi) is 3.25. The van der Waals surface area contributed by atoms with Gasteiger partial charge in [-0.05, 0) is 19.4 Å². The summed E-state index contributed by atoms with van der Waals surface area (Å²) in [7, 11) is 0. The molecule has 1 saturated heterocycles. The number of hydrogen-bond acceptors (Lipinski definition) is 4. The molecule has 1 aliphatic heterocycles. The van der Waals surface area contributed by atoms with E-state index in [1.165, 1.54) is 12.4 Å². The lowest BCUT2D eigenvalue weighted by atomic mass is 10.2. The van der Waals surface area contributed by atoms with Gasteiger partial charge in [0.05, 0.1) is 0 Å². The molecule has 2 aromatic heterocycles. The number of nitrogens with zero attached hydrogens (tertiary/aromatic N) is 3. The second-order valence-corrected chi connectivity index (χ2v) is 4.69. The van der Waals surface area contributed by atoms with E-state index in [1.54, 1.807) is 0 Å². The highest BCUT2D eigenvalue weighted by molar-refractivity contribution is 5.56. The van der Waals surface area contributed by atoms with E-state index in [-0.39, 0.29) is 17.4 Å². The molecule has 3 rings (SSSR count). The molecule has 0 bridgehead atoms. The zero-order chi connectivity index (χ0) is 14.2. The van der Waals surface area contributed by atoms with Gasteiger partial charge in [-0.1, -0.05) is 0 Å². The van der Waals surface area contributed by atoms with Crippen molar-refractivity contribution in [3.05, 3.63) is 24.2 Å². The van der Waals surface area contributed by atoms with Gasteiger partial charge in [0.2, 0.25) is 5.88 Å². The Morgan fingerprint density at radius 2 is 2.30 bits per heavy atom. The summed E-state index contributed by atoms with van der Waals surface area (Å²) in [5, 5.41) is 6.73. The molecule has 2 aromatic rings. The van der Waals surface area contributed by atoms with Crippen molar-refractivity contribution in [1.82, 2.24) is 19.9 Å². The van der Waals surface area contributed by atoms with Gasteiger partial charge >= 0.3 is 6.18 Å². The maximum absolute atomic E-state index is 12.6. The van der Waals surface area contributed by atoms with Crippen molar-refractivity contribution in [2.24, 2.45) is 0 Å². The molecule has 20 heavy (non-hydrogen) atoms. The molecule has 3 heterocycles. The van der Waals surface area contributed by atoms with Crippen molar-refractivity contribution in [2.45, 2.75) is 25.1 Å². The molecule has 0 radical (unpaired) electrons. The van der Waals surface area contributed by atoms with Crippen LogP contribution >= 0.6 is 0 Å². The highest BCUT2D eigenvalue weighted by atomic mass is 19.4. The number of fused-ring (bicyclic) bond motifs is 1. The summed E-state index contributed by atoms with van der Waals surface area (Å²) in [4.78, 5) is 3.99. The standard InChI is InChI=1S/C12H13F3N4O/c13-12(14,15)10-6-9-11(17-4-5-19(9)18-10)20-7-8-2-1-3-16-8/h4-6,8,16H,1-3,7H2. The zero-order valence-corrected chi connectivity index (χ0v) is 10.5. The van der Waals surface area contributed by atoms with Crippen LogP contribution in [0.4, 0.5) is 13.2 Å². The van der Waals surface area contributed by atoms with E-state index in [4.69, 9.17) is 4.74 Å².